The molecule has 3 rings (SSSR count). The molecule has 0 bridgehead atoms. The number of benzene rings is 2. The lowest BCUT2D eigenvalue weighted by atomic mass is 10.2. The molecule has 0 atom stereocenters. The summed E-state index contributed by atoms with van der Waals surface area (Å²) in [5.74, 6) is 0.894. The number of amides is 1. The summed E-state index contributed by atoms with van der Waals surface area (Å²) < 4.78 is 18.2. The molecule has 0 saturated heterocycles. The first-order valence-corrected chi connectivity index (χ1v) is 14.1. The first-order chi connectivity index (χ1) is 17.1. The molecule has 0 unspecified atom stereocenters. The fraction of sp³-hybridized carbons (Fsp3) is 0.240. The summed E-state index contributed by atoms with van der Waals surface area (Å²) in [7, 11) is 2.86. The predicted octanol–water partition coefficient (Wildman–Crippen LogP) is 4.93. The predicted molar refractivity (Wildman–Crippen MR) is 148 cm³/mol. The van der Waals surface area contributed by atoms with E-state index < -0.39 is 7.14 Å². The van der Waals surface area contributed by atoms with Crippen LogP contribution in [0.2, 0.25) is 5.02 Å². The van der Waals surface area contributed by atoms with Crippen LogP contribution in [-0.2, 0) is 9.36 Å². The lowest BCUT2D eigenvalue weighted by molar-refractivity contribution is -0.111. The van der Waals surface area contributed by atoms with Gasteiger partial charge in [-0.25, -0.2) is 4.98 Å². The first kappa shape index (κ1) is 27.2. The van der Waals surface area contributed by atoms with Crippen molar-refractivity contribution >= 4 is 58.8 Å². The van der Waals surface area contributed by atoms with Gasteiger partial charge in [-0.05, 0) is 57.8 Å². The molecule has 0 aliphatic rings. The van der Waals surface area contributed by atoms with Gasteiger partial charge in [0.25, 0.3) is 0 Å². The number of anilines is 5. The zero-order valence-electron chi connectivity index (χ0n) is 20.9. The van der Waals surface area contributed by atoms with Crippen molar-refractivity contribution in [3.05, 3.63) is 65.8 Å². The summed E-state index contributed by atoms with van der Waals surface area (Å²) >= 11 is 6.35. The number of para-hydroxylation sites is 1. The van der Waals surface area contributed by atoms with Crippen LogP contribution in [0.25, 0.3) is 0 Å². The van der Waals surface area contributed by atoms with Gasteiger partial charge in [0, 0.05) is 23.6 Å². The van der Waals surface area contributed by atoms with Crippen molar-refractivity contribution in [3.8, 4) is 5.75 Å². The molecular weight excluding hydrogens is 499 g/mol. The normalized spacial score (nSPS) is 11.5. The van der Waals surface area contributed by atoms with Gasteiger partial charge in [0.1, 0.15) is 17.9 Å². The third-order valence-electron chi connectivity index (χ3n) is 4.93. The Morgan fingerprint density at radius 2 is 1.89 bits per heavy atom. The summed E-state index contributed by atoms with van der Waals surface area (Å²) in [6.45, 7) is 4.07. The second-order valence-corrected chi connectivity index (χ2v) is 12.2. The summed E-state index contributed by atoms with van der Waals surface area (Å²) in [5.41, 5.74) is 1.77. The lowest BCUT2D eigenvalue weighted by Crippen LogP contribution is -2.13. The van der Waals surface area contributed by atoms with Gasteiger partial charge < -0.3 is 30.2 Å². The molecule has 1 heterocycles. The van der Waals surface area contributed by atoms with E-state index in [1.54, 1.807) is 44.7 Å². The standard InChI is InChI=1S/C25H30ClN6O3P/c1-32(2)14-8-11-23(33)28-17-12-13-21(35-3)20(15-17)30-25-27-16-18(26)24(31-25)29-19-9-6-7-10-22(19)36(4,5)34/h6-13,15-16H,14H2,1-5H3,(H,28,33)(H2,27,29,30,31)/b11-8+. The highest BCUT2D eigenvalue weighted by Gasteiger charge is 2.17. The number of hydrogen-bond acceptors (Lipinski definition) is 8. The second-order valence-electron chi connectivity index (χ2n) is 8.58. The van der Waals surface area contributed by atoms with E-state index in [-0.39, 0.29) is 11.9 Å². The minimum atomic E-state index is -2.54. The zero-order valence-corrected chi connectivity index (χ0v) is 22.5. The number of ether oxygens (including phenoxy) is 1. The van der Waals surface area contributed by atoms with Crippen LogP contribution in [0.1, 0.15) is 0 Å². The van der Waals surface area contributed by atoms with Crippen molar-refractivity contribution in [2.75, 3.05) is 57.0 Å². The molecule has 0 radical (unpaired) electrons. The fourth-order valence-electron chi connectivity index (χ4n) is 3.25. The van der Waals surface area contributed by atoms with Crippen molar-refractivity contribution in [3.63, 3.8) is 0 Å². The average molecular weight is 529 g/mol. The zero-order chi connectivity index (χ0) is 26.3. The smallest absolute Gasteiger partial charge is 0.248 e. The molecule has 3 aromatic rings. The van der Waals surface area contributed by atoms with Crippen LogP contribution in [0.4, 0.5) is 28.8 Å². The third kappa shape index (κ3) is 7.55. The van der Waals surface area contributed by atoms with Crippen LogP contribution < -0.4 is 26.0 Å². The number of nitrogens with one attached hydrogen (secondary N) is 3. The number of halogens is 1. The number of likely N-dealkylation sites (N-methyl/N-ethyl adjacent to an activating group) is 1. The average Bonchev–Trinajstić information content (AvgIpc) is 2.81. The van der Waals surface area contributed by atoms with Gasteiger partial charge >= 0.3 is 0 Å². The number of nitrogens with zero attached hydrogens (tertiary/aromatic N) is 3. The van der Waals surface area contributed by atoms with Gasteiger partial charge in [0.2, 0.25) is 11.9 Å². The minimum absolute atomic E-state index is 0.245. The molecule has 0 spiro atoms. The van der Waals surface area contributed by atoms with Crippen LogP contribution >= 0.6 is 18.7 Å². The molecule has 9 nitrogen and oxygen atoms in total. The Morgan fingerprint density at radius 3 is 2.58 bits per heavy atom. The Kier molecular flexibility index (Phi) is 9.09. The van der Waals surface area contributed by atoms with Crippen LogP contribution in [-0.4, -0.2) is 61.9 Å². The molecule has 0 aliphatic heterocycles. The van der Waals surface area contributed by atoms with E-state index in [1.165, 1.54) is 12.3 Å². The van der Waals surface area contributed by atoms with E-state index in [0.29, 0.717) is 45.5 Å². The minimum Gasteiger partial charge on any atom is -0.495 e. The summed E-state index contributed by atoms with van der Waals surface area (Å²) in [4.78, 5) is 22.9. The van der Waals surface area contributed by atoms with Gasteiger partial charge in [0.05, 0.1) is 24.7 Å². The molecule has 36 heavy (non-hydrogen) atoms. The number of hydrogen-bond donors (Lipinski definition) is 3. The maximum atomic E-state index is 12.7. The van der Waals surface area contributed by atoms with E-state index in [1.807, 2.05) is 43.3 Å². The second kappa shape index (κ2) is 12.0. The molecule has 0 aliphatic carbocycles. The lowest BCUT2D eigenvalue weighted by Gasteiger charge is -2.16. The molecular formula is C25H30ClN6O3P. The molecule has 1 amide bonds. The number of methoxy groups -OCH3 is 1. The van der Waals surface area contributed by atoms with Gasteiger partial charge in [0.15, 0.2) is 5.82 Å². The Balaban J connectivity index is 1.84. The fourth-order valence-corrected chi connectivity index (χ4v) is 4.54. The monoisotopic (exact) mass is 528 g/mol. The molecule has 3 N–H and O–H groups in total. The molecule has 0 fully saturated rings. The Labute approximate surface area is 216 Å². The van der Waals surface area contributed by atoms with Crippen molar-refractivity contribution in [2.24, 2.45) is 0 Å². The van der Waals surface area contributed by atoms with Crippen LogP contribution in [0.15, 0.2) is 60.8 Å². The molecule has 1 aromatic heterocycles. The highest BCUT2D eigenvalue weighted by Crippen LogP contribution is 2.39. The number of carbonyl (C=O) groups is 1. The molecule has 0 saturated carbocycles. The molecule has 190 valence electrons. The van der Waals surface area contributed by atoms with Gasteiger partial charge in [-0.1, -0.05) is 29.8 Å². The topological polar surface area (TPSA) is 108 Å². The Morgan fingerprint density at radius 1 is 1.14 bits per heavy atom. The number of aromatic nitrogens is 2. The van der Waals surface area contributed by atoms with Crippen LogP contribution in [0, 0.1) is 0 Å². The largest absolute Gasteiger partial charge is 0.495 e. The third-order valence-corrected chi connectivity index (χ3v) is 6.76. The van der Waals surface area contributed by atoms with Crippen molar-refractivity contribution < 1.29 is 14.1 Å². The van der Waals surface area contributed by atoms with Crippen molar-refractivity contribution in [1.82, 2.24) is 14.9 Å². The highest BCUT2D eigenvalue weighted by atomic mass is 35.5. The number of rotatable bonds is 10. The number of carbonyl (C=O) groups excluding carboxylic acids is 1. The van der Waals surface area contributed by atoms with Gasteiger partial charge in [-0.2, -0.15) is 4.98 Å². The Bertz CT molecular complexity index is 1310. The summed E-state index contributed by atoms with van der Waals surface area (Å²) in [6, 6.07) is 12.5. The van der Waals surface area contributed by atoms with Gasteiger partial charge in [-0.3, -0.25) is 4.79 Å². The quantitative estimate of drug-likeness (QED) is 0.251. The van der Waals surface area contributed by atoms with Crippen molar-refractivity contribution in [2.45, 2.75) is 0 Å². The van der Waals surface area contributed by atoms with Crippen LogP contribution in [0.5, 0.6) is 5.75 Å². The van der Waals surface area contributed by atoms with Crippen LogP contribution in [0.3, 0.4) is 0 Å². The summed E-state index contributed by atoms with van der Waals surface area (Å²) in [6.07, 6.45) is 4.73. The van der Waals surface area contributed by atoms with Crippen molar-refractivity contribution in [1.29, 1.82) is 0 Å². The highest BCUT2D eigenvalue weighted by molar-refractivity contribution is 7.70. The SMILES string of the molecule is COc1ccc(NC(=O)/C=C/CN(C)C)cc1Nc1ncc(Cl)c(Nc2ccccc2P(C)(C)=O)n1. The van der Waals surface area contributed by atoms with E-state index in [2.05, 4.69) is 25.9 Å². The van der Waals surface area contributed by atoms with E-state index >= 15 is 0 Å². The Hall–Kier alpha value is -3.39. The molecule has 11 heteroatoms. The summed E-state index contributed by atoms with van der Waals surface area (Å²) in [5, 5.41) is 10.1. The van der Waals surface area contributed by atoms with E-state index in [0.717, 1.165) is 0 Å². The first-order valence-electron chi connectivity index (χ1n) is 11.1. The molecule has 2 aromatic carbocycles. The van der Waals surface area contributed by atoms with Gasteiger partial charge in [-0.15, -0.1) is 0 Å². The maximum absolute atomic E-state index is 12.7. The van der Waals surface area contributed by atoms with E-state index in [9.17, 15) is 9.36 Å². The maximum Gasteiger partial charge on any atom is 0.248 e. The van der Waals surface area contributed by atoms with E-state index in [4.69, 9.17) is 16.3 Å².